The predicted molar refractivity (Wildman–Crippen MR) is 121 cm³/mol. The zero-order valence-electron chi connectivity index (χ0n) is 19.9. The molecule has 180 valence electrons. The van der Waals surface area contributed by atoms with Crippen molar-refractivity contribution in [3.8, 4) is 0 Å². The van der Waals surface area contributed by atoms with Gasteiger partial charge in [-0.05, 0) is 54.1 Å². The summed E-state index contributed by atoms with van der Waals surface area (Å²) in [7, 11) is 11.1. The Morgan fingerprint density at radius 3 is 1.10 bits per heavy atom. The van der Waals surface area contributed by atoms with Crippen LogP contribution in [-0.4, -0.2) is 121 Å². The van der Waals surface area contributed by atoms with Gasteiger partial charge >= 0.3 is 0 Å². The highest BCUT2D eigenvalue weighted by Gasteiger charge is 1.87. The highest BCUT2D eigenvalue weighted by molar-refractivity contribution is 4.42. The van der Waals surface area contributed by atoms with Gasteiger partial charge in [0.1, 0.15) is 0 Å². The molecule has 29 heavy (non-hydrogen) atoms. The molecule has 0 saturated carbocycles. The predicted octanol–water partition coefficient (Wildman–Crippen LogP) is -0.0404. The number of methoxy groups -OCH3 is 2. The summed E-state index contributed by atoms with van der Waals surface area (Å²) in [4.78, 5) is 0. The van der Waals surface area contributed by atoms with Gasteiger partial charge in [-0.2, -0.15) is 0 Å². The van der Waals surface area contributed by atoms with Gasteiger partial charge in [-0.1, -0.05) is 0 Å². The van der Waals surface area contributed by atoms with Crippen molar-refractivity contribution in [2.24, 2.45) is 0 Å². The summed E-state index contributed by atoms with van der Waals surface area (Å²) in [6.07, 6.45) is 2.21. The first-order chi connectivity index (χ1) is 14.2. The molecule has 0 rings (SSSR count). The SMILES string of the molecule is CNCCCOCCCNC.CNCCOCCNC.COCCOCCOC. The standard InChI is InChI=1S/C8H20N2O.C6H16N2O.C6H14O3/c1-9-5-3-7-11-8-4-6-10-2;2*1-7-3-5-9-6-4-8-2/h9-10H,3-8H2,1-2H3;7-8H,3-6H2,1-2H3;3-6H2,1-2H3. The van der Waals surface area contributed by atoms with Crippen LogP contribution in [0.15, 0.2) is 0 Å². The average Bonchev–Trinajstić information content (AvgIpc) is 2.74. The number of hydrogen-bond acceptors (Lipinski definition) is 9. The summed E-state index contributed by atoms with van der Waals surface area (Å²) < 4.78 is 25.1. The molecule has 9 nitrogen and oxygen atoms in total. The van der Waals surface area contributed by atoms with Crippen LogP contribution in [0, 0.1) is 0 Å². The fraction of sp³-hybridized carbons (Fsp3) is 1.00. The van der Waals surface area contributed by atoms with E-state index in [9.17, 15) is 0 Å². The van der Waals surface area contributed by atoms with Crippen molar-refractivity contribution < 1.29 is 23.7 Å². The van der Waals surface area contributed by atoms with E-state index in [1.54, 1.807) is 14.2 Å². The van der Waals surface area contributed by atoms with E-state index in [4.69, 9.17) is 23.7 Å². The molecule has 0 radical (unpaired) electrons. The van der Waals surface area contributed by atoms with Gasteiger partial charge in [0.2, 0.25) is 0 Å². The molecule has 4 N–H and O–H groups in total. The summed E-state index contributed by atoms with van der Waals surface area (Å²) in [5.74, 6) is 0. The molecule has 0 spiro atoms. The van der Waals surface area contributed by atoms with Gasteiger partial charge in [-0.15, -0.1) is 0 Å². The number of ether oxygens (including phenoxy) is 5. The van der Waals surface area contributed by atoms with E-state index in [1.165, 1.54) is 0 Å². The lowest BCUT2D eigenvalue weighted by atomic mass is 10.4. The van der Waals surface area contributed by atoms with Crippen LogP contribution in [-0.2, 0) is 23.7 Å². The fourth-order valence-electron chi connectivity index (χ4n) is 1.64. The lowest BCUT2D eigenvalue weighted by molar-refractivity contribution is 0.0385. The van der Waals surface area contributed by atoms with Crippen LogP contribution in [0.4, 0.5) is 0 Å². The zero-order valence-corrected chi connectivity index (χ0v) is 19.9. The molecule has 0 aliphatic heterocycles. The largest absolute Gasteiger partial charge is 0.382 e. The molecule has 0 saturated heterocycles. The monoisotopic (exact) mass is 426 g/mol. The number of likely N-dealkylation sites (N-methyl/N-ethyl adjacent to an activating group) is 2. The molecule has 0 atom stereocenters. The lowest BCUT2D eigenvalue weighted by Crippen LogP contribution is -2.19. The lowest BCUT2D eigenvalue weighted by Gasteiger charge is -2.02. The van der Waals surface area contributed by atoms with E-state index < -0.39 is 0 Å². The minimum atomic E-state index is 0.653. The number of nitrogens with one attached hydrogen (secondary N) is 4. The third-order valence-electron chi connectivity index (χ3n) is 3.29. The molecule has 0 heterocycles. The van der Waals surface area contributed by atoms with Crippen molar-refractivity contribution in [3.63, 3.8) is 0 Å². The first-order valence-corrected chi connectivity index (χ1v) is 10.5. The van der Waals surface area contributed by atoms with Crippen LogP contribution >= 0.6 is 0 Å². The molecule has 0 aromatic carbocycles. The van der Waals surface area contributed by atoms with Crippen molar-refractivity contribution in [2.75, 3.05) is 121 Å². The third-order valence-corrected chi connectivity index (χ3v) is 3.29. The maximum atomic E-state index is 5.36. The number of hydrogen-bond donors (Lipinski definition) is 4. The van der Waals surface area contributed by atoms with Crippen molar-refractivity contribution in [3.05, 3.63) is 0 Å². The van der Waals surface area contributed by atoms with Crippen LogP contribution < -0.4 is 21.3 Å². The maximum Gasteiger partial charge on any atom is 0.0701 e. The molecule has 0 bridgehead atoms. The highest BCUT2D eigenvalue weighted by atomic mass is 16.5. The van der Waals surface area contributed by atoms with Gasteiger partial charge in [0.25, 0.3) is 0 Å². The Morgan fingerprint density at radius 2 is 0.759 bits per heavy atom. The van der Waals surface area contributed by atoms with Crippen LogP contribution in [0.1, 0.15) is 12.8 Å². The maximum absolute atomic E-state index is 5.36. The van der Waals surface area contributed by atoms with Gasteiger partial charge in [0.15, 0.2) is 0 Å². The first kappa shape index (κ1) is 33.3. The van der Waals surface area contributed by atoms with Crippen molar-refractivity contribution in [1.82, 2.24) is 21.3 Å². The fourth-order valence-corrected chi connectivity index (χ4v) is 1.64. The highest BCUT2D eigenvalue weighted by Crippen LogP contribution is 1.83. The normalized spacial score (nSPS) is 10.1. The van der Waals surface area contributed by atoms with Gasteiger partial charge < -0.3 is 45.0 Å². The van der Waals surface area contributed by atoms with Crippen molar-refractivity contribution in [2.45, 2.75) is 12.8 Å². The molecule has 0 aliphatic carbocycles. The van der Waals surface area contributed by atoms with E-state index in [0.29, 0.717) is 26.4 Å². The molecule has 0 aromatic rings. The van der Waals surface area contributed by atoms with Gasteiger partial charge in [0.05, 0.1) is 39.6 Å². The quantitative estimate of drug-likeness (QED) is 0.200. The van der Waals surface area contributed by atoms with E-state index in [1.807, 2.05) is 28.2 Å². The third kappa shape index (κ3) is 47.1. The van der Waals surface area contributed by atoms with E-state index in [-0.39, 0.29) is 0 Å². The molecular weight excluding hydrogens is 376 g/mol. The zero-order chi connectivity index (χ0) is 22.3. The van der Waals surface area contributed by atoms with Crippen LogP contribution in [0.2, 0.25) is 0 Å². The molecule has 0 unspecified atom stereocenters. The van der Waals surface area contributed by atoms with Crippen LogP contribution in [0.25, 0.3) is 0 Å². The summed E-state index contributed by atoms with van der Waals surface area (Å²) in [6.45, 7) is 9.95. The summed E-state index contributed by atoms with van der Waals surface area (Å²) in [6, 6.07) is 0. The first-order valence-electron chi connectivity index (χ1n) is 10.5. The van der Waals surface area contributed by atoms with Crippen LogP contribution in [0.3, 0.4) is 0 Å². The Morgan fingerprint density at radius 1 is 0.414 bits per heavy atom. The van der Waals surface area contributed by atoms with Crippen molar-refractivity contribution >= 4 is 0 Å². The van der Waals surface area contributed by atoms with E-state index >= 15 is 0 Å². The second kappa shape index (κ2) is 38.3. The minimum Gasteiger partial charge on any atom is -0.382 e. The molecule has 0 aromatic heterocycles. The second-order valence-corrected chi connectivity index (χ2v) is 5.94. The topological polar surface area (TPSA) is 94.3 Å². The molecule has 0 aliphatic rings. The average molecular weight is 427 g/mol. The summed E-state index contributed by atoms with van der Waals surface area (Å²) in [5, 5.41) is 12.2. The Kier molecular flexibility index (Phi) is 43.9. The Bertz CT molecular complexity index is 209. The van der Waals surface area contributed by atoms with Gasteiger partial charge in [-0.25, -0.2) is 0 Å². The Labute approximate surface area is 179 Å². The second-order valence-electron chi connectivity index (χ2n) is 5.94. The van der Waals surface area contributed by atoms with Gasteiger partial charge in [0, 0.05) is 40.5 Å². The molecule has 9 heteroatoms. The van der Waals surface area contributed by atoms with E-state index in [0.717, 1.165) is 65.4 Å². The minimum absolute atomic E-state index is 0.653. The summed E-state index contributed by atoms with van der Waals surface area (Å²) >= 11 is 0. The van der Waals surface area contributed by atoms with E-state index in [2.05, 4.69) is 21.3 Å². The summed E-state index contributed by atoms with van der Waals surface area (Å²) in [5.41, 5.74) is 0. The van der Waals surface area contributed by atoms with Crippen molar-refractivity contribution in [1.29, 1.82) is 0 Å². The Hall–Kier alpha value is -0.360. The smallest absolute Gasteiger partial charge is 0.0701 e. The molecule has 0 amide bonds. The van der Waals surface area contributed by atoms with Crippen LogP contribution in [0.5, 0.6) is 0 Å². The Balaban J connectivity index is -0.000000352. The molecule has 0 fully saturated rings. The number of rotatable bonds is 20. The molecular formula is C20H50N4O5. The van der Waals surface area contributed by atoms with Gasteiger partial charge in [-0.3, -0.25) is 0 Å².